The maximum Gasteiger partial charge on any atom is 0.264 e. The van der Waals surface area contributed by atoms with Crippen LogP contribution in [-0.4, -0.2) is 72.6 Å². The number of anilines is 2. The van der Waals surface area contributed by atoms with Crippen LogP contribution in [0.15, 0.2) is 71.6 Å². The molecule has 2 aliphatic heterocycles. The summed E-state index contributed by atoms with van der Waals surface area (Å²) in [6, 6.07) is 19.6. The molecule has 2 aliphatic rings. The van der Waals surface area contributed by atoms with Crippen molar-refractivity contribution in [2.24, 2.45) is 11.3 Å². The first kappa shape index (κ1) is 38.2. The first-order valence-corrected chi connectivity index (χ1v) is 20.0. The van der Waals surface area contributed by atoms with E-state index in [0.717, 1.165) is 60.8 Å². The molecule has 1 fully saturated rings. The molecule has 1 N–H and O–H groups in total. The Kier molecular flexibility index (Phi) is 11.4. The van der Waals surface area contributed by atoms with Gasteiger partial charge in [0, 0.05) is 43.0 Å². The van der Waals surface area contributed by atoms with Crippen LogP contribution in [0.25, 0.3) is 11.3 Å². The molecule has 282 valence electrons. The zero-order chi connectivity index (χ0) is 37.9. The highest BCUT2D eigenvalue weighted by molar-refractivity contribution is 7.92. The summed E-state index contributed by atoms with van der Waals surface area (Å²) in [7, 11) is -4.18. The van der Waals surface area contributed by atoms with Crippen molar-refractivity contribution in [3.63, 3.8) is 0 Å². The number of fused-ring (bicyclic) bond motifs is 4. The number of ether oxygens (including phenoxy) is 2. The summed E-state index contributed by atoms with van der Waals surface area (Å²) in [6.45, 7) is 17.4. The summed E-state index contributed by atoms with van der Waals surface area (Å²) in [4.78, 5) is 33.0. The maximum atomic E-state index is 14.7. The van der Waals surface area contributed by atoms with Gasteiger partial charge in [0.15, 0.2) is 0 Å². The molecule has 2 aromatic carbocycles. The Morgan fingerprint density at radius 2 is 1.64 bits per heavy atom. The van der Waals surface area contributed by atoms with Crippen molar-refractivity contribution in [2.75, 3.05) is 36.0 Å². The third-order valence-electron chi connectivity index (χ3n) is 9.87. The number of carbonyl (C=O) groups is 1. The summed E-state index contributed by atoms with van der Waals surface area (Å²) >= 11 is 0. The van der Waals surface area contributed by atoms with Crippen LogP contribution in [0.1, 0.15) is 81.1 Å². The lowest BCUT2D eigenvalue weighted by atomic mass is 9.87. The van der Waals surface area contributed by atoms with Gasteiger partial charge in [0.1, 0.15) is 12.4 Å². The molecule has 0 saturated carbocycles. The molecule has 0 radical (unpaired) electrons. The van der Waals surface area contributed by atoms with E-state index in [9.17, 15) is 13.2 Å². The molecule has 4 aromatic rings. The lowest BCUT2D eigenvalue weighted by Crippen LogP contribution is -2.45. The van der Waals surface area contributed by atoms with Gasteiger partial charge in [-0.1, -0.05) is 51.1 Å². The van der Waals surface area contributed by atoms with E-state index in [1.165, 1.54) is 12.1 Å². The van der Waals surface area contributed by atoms with Crippen molar-refractivity contribution in [3.8, 4) is 17.1 Å². The van der Waals surface area contributed by atoms with Gasteiger partial charge in [-0.2, -0.15) is 4.98 Å². The molecule has 53 heavy (non-hydrogen) atoms. The summed E-state index contributed by atoms with van der Waals surface area (Å²) in [6.07, 6.45) is 2.63. The van der Waals surface area contributed by atoms with Crippen LogP contribution < -0.4 is 14.4 Å². The Morgan fingerprint density at radius 1 is 0.943 bits per heavy atom. The van der Waals surface area contributed by atoms with E-state index < -0.39 is 16.1 Å². The van der Waals surface area contributed by atoms with Gasteiger partial charge >= 0.3 is 0 Å². The van der Waals surface area contributed by atoms with Gasteiger partial charge in [0.25, 0.3) is 15.9 Å². The fourth-order valence-electron chi connectivity index (χ4n) is 7.21. The predicted octanol–water partition coefficient (Wildman–Crippen LogP) is 7.44. The molecule has 1 atom stereocenters. The highest BCUT2D eigenvalue weighted by Gasteiger charge is 2.32. The minimum atomic E-state index is -4.18. The average molecular weight is 741 g/mol. The number of aryl methyl sites for hydroxylation is 2. The summed E-state index contributed by atoms with van der Waals surface area (Å²) in [5.74, 6) is 1.15. The van der Waals surface area contributed by atoms with Crippen LogP contribution in [0.3, 0.4) is 0 Å². The molecule has 0 spiro atoms. The Morgan fingerprint density at radius 3 is 2.34 bits per heavy atom. The second-order valence-corrected chi connectivity index (χ2v) is 17.4. The lowest BCUT2D eigenvalue weighted by Gasteiger charge is -2.36. The molecule has 12 heteroatoms. The normalized spacial score (nSPS) is 18.0. The maximum absolute atomic E-state index is 14.7. The Balaban J connectivity index is 1.43. The fraction of sp³-hybridized carbons (Fsp3) is 0.463. The first-order valence-electron chi connectivity index (χ1n) is 18.5. The number of hydrogen-bond acceptors (Lipinski definition) is 9. The molecule has 4 heterocycles. The van der Waals surface area contributed by atoms with Crippen molar-refractivity contribution in [3.05, 3.63) is 89.1 Å². The zero-order valence-corrected chi connectivity index (χ0v) is 32.7. The zero-order valence-electron chi connectivity index (χ0n) is 31.9. The molecule has 1 saturated heterocycles. The van der Waals surface area contributed by atoms with Crippen LogP contribution in [0.4, 0.5) is 11.8 Å². The number of aromatic nitrogens is 3. The van der Waals surface area contributed by atoms with Crippen molar-refractivity contribution in [1.29, 1.82) is 0 Å². The number of pyridine rings is 1. The SMILES string of the molecule is Cc1cccc(C)c1-c1cc2nc(n1)NS(=O)(=O)c1cccc(c1)C(=O)N(Cc1cccc(N(CC3CCOCC3)C(C)C)n1)C(CC(C)(C)C)CO2. The van der Waals surface area contributed by atoms with Crippen molar-refractivity contribution < 1.29 is 22.7 Å². The van der Waals surface area contributed by atoms with Gasteiger partial charge in [-0.3, -0.25) is 4.79 Å². The fourth-order valence-corrected chi connectivity index (χ4v) is 8.20. The van der Waals surface area contributed by atoms with E-state index in [1.807, 2.05) is 50.2 Å². The summed E-state index contributed by atoms with van der Waals surface area (Å²) < 4.78 is 42.2. The number of hydrogen-bond donors (Lipinski definition) is 1. The number of amides is 1. The van der Waals surface area contributed by atoms with Crippen molar-refractivity contribution >= 4 is 27.7 Å². The van der Waals surface area contributed by atoms with E-state index in [-0.39, 0.29) is 52.8 Å². The average Bonchev–Trinajstić information content (AvgIpc) is 3.10. The predicted molar refractivity (Wildman–Crippen MR) is 208 cm³/mol. The molecule has 4 bridgehead atoms. The second kappa shape index (κ2) is 15.8. The monoisotopic (exact) mass is 740 g/mol. The van der Waals surface area contributed by atoms with E-state index >= 15 is 0 Å². The van der Waals surface area contributed by atoms with Gasteiger partial charge in [0.05, 0.1) is 28.9 Å². The Hall–Kier alpha value is -4.55. The summed E-state index contributed by atoms with van der Waals surface area (Å²) in [5.41, 5.74) is 4.14. The van der Waals surface area contributed by atoms with Crippen LogP contribution in [0.2, 0.25) is 0 Å². The van der Waals surface area contributed by atoms with E-state index in [0.29, 0.717) is 18.0 Å². The highest BCUT2D eigenvalue weighted by atomic mass is 32.2. The number of benzene rings is 2. The van der Waals surface area contributed by atoms with Crippen LogP contribution in [0.5, 0.6) is 5.88 Å². The molecule has 0 aliphatic carbocycles. The quantitative estimate of drug-likeness (QED) is 0.196. The van der Waals surface area contributed by atoms with Gasteiger partial charge in [-0.25, -0.2) is 23.1 Å². The topological polar surface area (TPSA) is 127 Å². The lowest BCUT2D eigenvalue weighted by molar-refractivity contribution is 0.0509. The van der Waals surface area contributed by atoms with Gasteiger partial charge in [0.2, 0.25) is 11.8 Å². The third kappa shape index (κ3) is 9.34. The minimum absolute atomic E-state index is 0.0701. The van der Waals surface area contributed by atoms with E-state index in [4.69, 9.17) is 14.5 Å². The highest BCUT2D eigenvalue weighted by Crippen LogP contribution is 2.32. The molecule has 1 amide bonds. The molecule has 6 rings (SSSR count). The molecule has 2 aromatic heterocycles. The summed E-state index contributed by atoms with van der Waals surface area (Å²) in [5, 5.41) is 0. The van der Waals surface area contributed by atoms with E-state index in [2.05, 4.69) is 54.2 Å². The number of rotatable bonds is 8. The molecular weight excluding hydrogens is 689 g/mol. The van der Waals surface area contributed by atoms with Crippen LogP contribution >= 0.6 is 0 Å². The van der Waals surface area contributed by atoms with Crippen molar-refractivity contribution in [1.82, 2.24) is 19.9 Å². The number of carbonyl (C=O) groups excluding carboxylic acids is 1. The number of sulfonamides is 1. The van der Waals surface area contributed by atoms with Crippen molar-refractivity contribution in [2.45, 2.75) is 91.3 Å². The third-order valence-corrected chi connectivity index (χ3v) is 11.2. The van der Waals surface area contributed by atoms with Gasteiger partial charge in [-0.15, -0.1) is 0 Å². The van der Waals surface area contributed by atoms with E-state index in [1.54, 1.807) is 23.1 Å². The standard InChI is InChI=1S/C41H52N6O5S/c1-27(2)46(24-30-17-19-51-20-18-30)36-16-10-14-32(42-36)25-47-33(23-41(5,6)7)26-52-37-22-35(38-28(3)11-8-12-29(38)4)43-40(44-37)45-53(49,50)34-15-9-13-31(21-34)39(47)48/h8-16,21-22,27,30,33H,17-20,23-26H2,1-7H3,(H,43,44,45). The van der Waals surface area contributed by atoms with Gasteiger partial charge in [-0.05, 0) is 99.7 Å². The van der Waals surface area contributed by atoms with Crippen LogP contribution in [-0.2, 0) is 21.3 Å². The Bertz CT molecular complexity index is 2020. The number of nitrogens with zero attached hydrogens (tertiary/aromatic N) is 5. The Labute approximate surface area is 314 Å². The minimum Gasteiger partial charge on any atom is -0.475 e. The van der Waals surface area contributed by atoms with Gasteiger partial charge < -0.3 is 19.3 Å². The first-order chi connectivity index (χ1) is 25.2. The number of nitrogens with one attached hydrogen (secondary N) is 1. The molecule has 1 unspecified atom stereocenters. The second-order valence-electron chi connectivity index (χ2n) is 15.8. The molecular formula is C41H52N6O5S. The smallest absolute Gasteiger partial charge is 0.264 e. The largest absolute Gasteiger partial charge is 0.475 e. The van der Waals surface area contributed by atoms with Crippen LogP contribution in [0, 0.1) is 25.2 Å². The molecule has 11 nitrogen and oxygen atoms in total.